The molecule has 1 amide bonds. The minimum Gasteiger partial charge on any atom is -0.350 e. The van der Waals surface area contributed by atoms with Crippen molar-refractivity contribution < 1.29 is 4.79 Å². The number of carbonyl (C=O) groups excluding carboxylic acids is 1. The number of rotatable bonds is 4. The Bertz CT molecular complexity index is 372. The van der Waals surface area contributed by atoms with Crippen LogP contribution < -0.4 is 10.6 Å². The lowest BCUT2D eigenvalue weighted by atomic mass is 10.0. The van der Waals surface area contributed by atoms with E-state index >= 15 is 0 Å². The fourth-order valence-electron chi connectivity index (χ4n) is 2.13. The molecule has 0 saturated carbocycles. The Morgan fingerprint density at radius 2 is 2.53 bits per heavy atom. The summed E-state index contributed by atoms with van der Waals surface area (Å²) in [7, 11) is 0. The standard InChI is InChI=1S/C13H19N3O/c1-13(6-8-15-10-13)16-12(17)5-4-11-3-2-7-14-9-11/h2-3,7,9,15H,4-6,8,10H2,1H3,(H,16,17). The summed E-state index contributed by atoms with van der Waals surface area (Å²) in [5.74, 6) is 0.125. The Morgan fingerprint density at radius 1 is 1.65 bits per heavy atom. The fourth-order valence-corrected chi connectivity index (χ4v) is 2.13. The van der Waals surface area contributed by atoms with E-state index in [2.05, 4.69) is 22.5 Å². The third-order valence-corrected chi connectivity index (χ3v) is 3.17. The molecule has 1 aliphatic rings. The maximum Gasteiger partial charge on any atom is 0.220 e. The molecular formula is C13H19N3O. The minimum atomic E-state index is -0.0635. The van der Waals surface area contributed by atoms with Gasteiger partial charge in [-0.3, -0.25) is 9.78 Å². The van der Waals surface area contributed by atoms with Crippen molar-refractivity contribution in [2.24, 2.45) is 0 Å². The molecule has 1 aromatic rings. The summed E-state index contributed by atoms with van der Waals surface area (Å²) < 4.78 is 0. The van der Waals surface area contributed by atoms with Gasteiger partial charge in [0.2, 0.25) is 5.91 Å². The average molecular weight is 233 g/mol. The molecule has 1 unspecified atom stereocenters. The lowest BCUT2D eigenvalue weighted by Crippen LogP contribution is -2.47. The highest BCUT2D eigenvalue weighted by Gasteiger charge is 2.29. The predicted octanol–water partition coefficient (Wildman–Crippen LogP) is 0.882. The molecule has 2 heterocycles. The van der Waals surface area contributed by atoms with Crippen LogP contribution in [0.25, 0.3) is 0 Å². The van der Waals surface area contributed by atoms with Crippen LogP contribution in [-0.2, 0) is 11.2 Å². The third kappa shape index (κ3) is 3.53. The second kappa shape index (κ2) is 5.27. The van der Waals surface area contributed by atoms with Crippen molar-refractivity contribution in [2.75, 3.05) is 13.1 Å². The molecule has 0 aromatic carbocycles. The number of pyridine rings is 1. The van der Waals surface area contributed by atoms with E-state index in [1.165, 1.54) is 0 Å². The van der Waals surface area contributed by atoms with Gasteiger partial charge in [0.15, 0.2) is 0 Å². The van der Waals surface area contributed by atoms with Gasteiger partial charge in [-0.05, 0) is 37.9 Å². The summed E-state index contributed by atoms with van der Waals surface area (Å²) in [6.45, 7) is 3.94. The van der Waals surface area contributed by atoms with Crippen LogP contribution in [0.1, 0.15) is 25.3 Å². The highest BCUT2D eigenvalue weighted by molar-refractivity contribution is 5.77. The van der Waals surface area contributed by atoms with E-state index in [4.69, 9.17) is 0 Å². The Kier molecular flexibility index (Phi) is 3.74. The molecule has 1 aromatic heterocycles. The number of aryl methyl sites for hydroxylation is 1. The van der Waals surface area contributed by atoms with E-state index in [1.54, 1.807) is 6.20 Å². The topological polar surface area (TPSA) is 54.0 Å². The van der Waals surface area contributed by atoms with Crippen molar-refractivity contribution in [3.8, 4) is 0 Å². The van der Waals surface area contributed by atoms with Gasteiger partial charge in [-0.15, -0.1) is 0 Å². The van der Waals surface area contributed by atoms with Gasteiger partial charge in [0.25, 0.3) is 0 Å². The maximum atomic E-state index is 11.8. The number of nitrogens with one attached hydrogen (secondary N) is 2. The second-order valence-corrected chi connectivity index (χ2v) is 4.90. The molecule has 1 atom stereocenters. The zero-order valence-electron chi connectivity index (χ0n) is 10.2. The summed E-state index contributed by atoms with van der Waals surface area (Å²) in [5.41, 5.74) is 1.05. The van der Waals surface area contributed by atoms with Crippen LogP contribution in [0, 0.1) is 0 Å². The summed E-state index contributed by atoms with van der Waals surface area (Å²) in [6, 6.07) is 3.90. The van der Waals surface area contributed by atoms with Crippen molar-refractivity contribution in [1.29, 1.82) is 0 Å². The highest BCUT2D eigenvalue weighted by atomic mass is 16.1. The van der Waals surface area contributed by atoms with Crippen molar-refractivity contribution in [2.45, 2.75) is 31.7 Å². The van der Waals surface area contributed by atoms with Crippen LogP contribution in [0.4, 0.5) is 0 Å². The second-order valence-electron chi connectivity index (χ2n) is 4.90. The number of amides is 1. The van der Waals surface area contributed by atoms with Crippen LogP contribution in [0.15, 0.2) is 24.5 Å². The first kappa shape index (κ1) is 12.0. The smallest absolute Gasteiger partial charge is 0.220 e. The van der Waals surface area contributed by atoms with Gasteiger partial charge >= 0.3 is 0 Å². The quantitative estimate of drug-likeness (QED) is 0.812. The lowest BCUT2D eigenvalue weighted by molar-refractivity contribution is -0.122. The van der Waals surface area contributed by atoms with E-state index in [0.717, 1.165) is 31.5 Å². The van der Waals surface area contributed by atoms with Crippen LogP contribution in [0.5, 0.6) is 0 Å². The van der Waals surface area contributed by atoms with E-state index in [0.29, 0.717) is 6.42 Å². The van der Waals surface area contributed by atoms with Crippen LogP contribution in [0.2, 0.25) is 0 Å². The molecule has 1 saturated heterocycles. The molecule has 1 aliphatic heterocycles. The number of carbonyl (C=O) groups is 1. The molecule has 0 radical (unpaired) electrons. The molecule has 0 aliphatic carbocycles. The zero-order valence-corrected chi connectivity index (χ0v) is 10.2. The average Bonchev–Trinajstić information content (AvgIpc) is 2.74. The van der Waals surface area contributed by atoms with Crippen LogP contribution in [-0.4, -0.2) is 29.5 Å². The van der Waals surface area contributed by atoms with Crippen molar-refractivity contribution >= 4 is 5.91 Å². The molecule has 1 fully saturated rings. The summed E-state index contributed by atoms with van der Waals surface area (Å²) in [4.78, 5) is 15.9. The normalized spacial score (nSPS) is 23.6. The lowest BCUT2D eigenvalue weighted by Gasteiger charge is -2.24. The van der Waals surface area contributed by atoms with Gasteiger partial charge in [-0.1, -0.05) is 6.07 Å². The van der Waals surface area contributed by atoms with E-state index in [1.807, 2.05) is 18.3 Å². The van der Waals surface area contributed by atoms with Gasteiger partial charge in [0, 0.05) is 25.4 Å². The molecule has 2 rings (SSSR count). The fraction of sp³-hybridized carbons (Fsp3) is 0.538. The third-order valence-electron chi connectivity index (χ3n) is 3.17. The van der Waals surface area contributed by atoms with Crippen LogP contribution in [0.3, 0.4) is 0 Å². The SMILES string of the molecule is CC1(NC(=O)CCc2cccnc2)CCNC1. The Morgan fingerprint density at radius 3 is 3.18 bits per heavy atom. The van der Waals surface area contributed by atoms with Gasteiger partial charge < -0.3 is 10.6 Å². The number of hydrogen-bond donors (Lipinski definition) is 2. The van der Waals surface area contributed by atoms with E-state index in [9.17, 15) is 4.79 Å². The minimum absolute atomic E-state index is 0.0635. The number of hydrogen-bond acceptors (Lipinski definition) is 3. The van der Waals surface area contributed by atoms with E-state index < -0.39 is 0 Å². The predicted molar refractivity (Wildman–Crippen MR) is 66.6 cm³/mol. The van der Waals surface area contributed by atoms with Gasteiger partial charge in [0.05, 0.1) is 5.54 Å². The Hall–Kier alpha value is -1.42. The van der Waals surface area contributed by atoms with Crippen molar-refractivity contribution in [3.05, 3.63) is 30.1 Å². The van der Waals surface area contributed by atoms with E-state index in [-0.39, 0.29) is 11.4 Å². The number of nitrogens with zero attached hydrogens (tertiary/aromatic N) is 1. The largest absolute Gasteiger partial charge is 0.350 e. The molecular weight excluding hydrogens is 214 g/mol. The first-order valence-corrected chi connectivity index (χ1v) is 6.09. The van der Waals surface area contributed by atoms with Crippen molar-refractivity contribution in [1.82, 2.24) is 15.6 Å². The molecule has 0 bridgehead atoms. The van der Waals surface area contributed by atoms with Gasteiger partial charge in [0.1, 0.15) is 0 Å². The summed E-state index contributed by atoms with van der Waals surface area (Å²) in [6.07, 6.45) is 5.84. The van der Waals surface area contributed by atoms with Crippen molar-refractivity contribution in [3.63, 3.8) is 0 Å². The molecule has 92 valence electrons. The number of aromatic nitrogens is 1. The molecule has 4 nitrogen and oxygen atoms in total. The Labute approximate surface area is 102 Å². The zero-order chi connectivity index (χ0) is 12.1. The molecule has 17 heavy (non-hydrogen) atoms. The summed E-state index contributed by atoms with van der Waals surface area (Å²) >= 11 is 0. The first-order valence-electron chi connectivity index (χ1n) is 6.09. The molecule has 4 heteroatoms. The van der Waals surface area contributed by atoms with Gasteiger partial charge in [-0.25, -0.2) is 0 Å². The highest BCUT2D eigenvalue weighted by Crippen LogP contribution is 2.13. The van der Waals surface area contributed by atoms with Crippen LogP contribution >= 0.6 is 0 Å². The molecule has 2 N–H and O–H groups in total. The summed E-state index contributed by atoms with van der Waals surface area (Å²) in [5, 5.41) is 6.37. The molecule has 0 spiro atoms. The first-order chi connectivity index (χ1) is 8.18. The monoisotopic (exact) mass is 233 g/mol. The Balaban J connectivity index is 1.78. The maximum absolute atomic E-state index is 11.8. The van der Waals surface area contributed by atoms with Gasteiger partial charge in [-0.2, -0.15) is 0 Å².